The number of hydrogen-bond acceptors (Lipinski definition) is 5. The molecule has 0 saturated heterocycles. The smallest absolute Gasteiger partial charge is 0.231 e. The highest BCUT2D eigenvalue weighted by Crippen LogP contribution is 2.40. The van der Waals surface area contributed by atoms with Crippen molar-refractivity contribution in [3.8, 4) is 17.2 Å². The molecule has 3 atom stereocenters. The molecule has 2 heterocycles. The number of hydrogen-bond donors (Lipinski definition) is 1. The zero-order valence-corrected chi connectivity index (χ0v) is 22.9. The van der Waals surface area contributed by atoms with Crippen LogP contribution in [0.1, 0.15) is 99.0 Å². The Balaban J connectivity index is 1.81. The molecular formula is C32H41NO4. The summed E-state index contributed by atoms with van der Waals surface area (Å²) in [7, 11) is 1.72. The van der Waals surface area contributed by atoms with Crippen molar-refractivity contribution in [2.75, 3.05) is 13.9 Å². The van der Waals surface area contributed by atoms with Gasteiger partial charge in [0.15, 0.2) is 11.5 Å². The molecule has 0 radical (unpaired) electrons. The molecule has 0 fully saturated rings. The number of benzene rings is 2. The number of pyridine rings is 1. The largest absolute Gasteiger partial charge is 0.497 e. The molecule has 1 aliphatic heterocycles. The molecule has 198 valence electrons. The Morgan fingerprint density at radius 1 is 0.946 bits per heavy atom. The molecule has 2 aromatic carbocycles. The fourth-order valence-corrected chi connectivity index (χ4v) is 5.10. The number of aliphatic hydroxyl groups is 1. The van der Waals surface area contributed by atoms with E-state index < -0.39 is 6.10 Å². The highest BCUT2D eigenvalue weighted by atomic mass is 16.7. The van der Waals surface area contributed by atoms with Gasteiger partial charge in [-0.25, -0.2) is 0 Å². The number of aryl methyl sites for hydroxylation is 1. The van der Waals surface area contributed by atoms with Crippen LogP contribution in [-0.4, -0.2) is 24.0 Å². The molecule has 0 spiro atoms. The van der Waals surface area contributed by atoms with Crippen LogP contribution in [-0.2, 0) is 12.8 Å². The Labute approximate surface area is 221 Å². The number of unbranched alkanes of at least 4 members (excludes halogenated alkanes) is 1. The van der Waals surface area contributed by atoms with E-state index in [1.807, 2.05) is 24.3 Å². The molecule has 0 amide bonds. The van der Waals surface area contributed by atoms with Crippen molar-refractivity contribution in [3.05, 3.63) is 82.2 Å². The van der Waals surface area contributed by atoms with Gasteiger partial charge in [-0.3, -0.25) is 4.98 Å². The fourth-order valence-electron chi connectivity index (χ4n) is 5.10. The van der Waals surface area contributed by atoms with Crippen molar-refractivity contribution in [1.82, 2.24) is 4.98 Å². The third kappa shape index (κ3) is 6.10. The summed E-state index contributed by atoms with van der Waals surface area (Å²) in [6.07, 6.45) is 5.31. The molecule has 2 unspecified atom stereocenters. The number of nitrogens with zero attached hydrogens (tertiary/aromatic N) is 1. The molecule has 0 bridgehead atoms. The molecule has 37 heavy (non-hydrogen) atoms. The third-order valence-electron chi connectivity index (χ3n) is 7.54. The van der Waals surface area contributed by atoms with Crippen LogP contribution in [0.3, 0.4) is 0 Å². The van der Waals surface area contributed by atoms with Crippen molar-refractivity contribution in [3.63, 3.8) is 0 Å². The van der Waals surface area contributed by atoms with Gasteiger partial charge in [-0.1, -0.05) is 58.7 Å². The summed E-state index contributed by atoms with van der Waals surface area (Å²) in [5.74, 6) is 2.88. The van der Waals surface area contributed by atoms with Gasteiger partial charge >= 0.3 is 0 Å². The summed E-state index contributed by atoms with van der Waals surface area (Å²) in [4.78, 5) is 5.21. The highest BCUT2D eigenvalue weighted by molar-refractivity contribution is 5.49. The van der Waals surface area contributed by atoms with E-state index in [0.29, 0.717) is 17.4 Å². The van der Waals surface area contributed by atoms with Gasteiger partial charge in [-0.05, 0) is 78.6 Å². The van der Waals surface area contributed by atoms with Crippen molar-refractivity contribution in [2.24, 2.45) is 5.92 Å². The second kappa shape index (κ2) is 12.5. The quantitative estimate of drug-likeness (QED) is 0.279. The van der Waals surface area contributed by atoms with Crippen molar-refractivity contribution in [1.29, 1.82) is 0 Å². The minimum atomic E-state index is -0.817. The highest BCUT2D eigenvalue weighted by Gasteiger charge is 2.26. The second-order valence-corrected chi connectivity index (χ2v) is 10.1. The fraction of sp³-hybridized carbons (Fsp3) is 0.469. The topological polar surface area (TPSA) is 60.8 Å². The lowest BCUT2D eigenvalue weighted by molar-refractivity contribution is 0.173. The molecule has 0 aliphatic carbocycles. The lowest BCUT2D eigenvalue weighted by atomic mass is 9.82. The summed E-state index contributed by atoms with van der Waals surface area (Å²) in [6.45, 7) is 9.15. The Kier molecular flexibility index (Phi) is 9.09. The lowest BCUT2D eigenvalue weighted by Gasteiger charge is -2.25. The van der Waals surface area contributed by atoms with Crippen molar-refractivity contribution < 1.29 is 19.3 Å². The van der Waals surface area contributed by atoms with Crippen LogP contribution in [0.15, 0.2) is 48.5 Å². The summed E-state index contributed by atoms with van der Waals surface area (Å²) < 4.78 is 16.6. The minimum Gasteiger partial charge on any atom is -0.497 e. The molecule has 5 nitrogen and oxygen atoms in total. The summed E-state index contributed by atoms with van der Waals surface area (Å²) in [6, 6.07) is 16.2. The summed E-state index contributed by atoms with van der Waals surface area (Å²) in [5, 5.41) is 11.6. The predicted octanol–water partition coefficient (Wildman–Crippen LogP) is 7.37. The van der Waals surface area contributed by atoms with Gasteiger partial charge in [0.05, 0.1) is 12.8 Å². The van der Waals surface area contributed by atoms with Gasteiger partial charge in [0, 0.05) is 17.2 Å². The first-order valence-corrected chi connectivity index (χ1v) is 13.7. The lowest BCUT2D eigenvalue weighted by Crippen LogP contribution is -2.14. The van der Waals surface area contributed by atoms with Crippen LogP contribution in [0, 0.1) is 5.92 Å². The Hall–Kier alpha value is -3.05. The van der Waals surface area contributed by atoms with E-state index in [9.17, 15) is 5.11 Å². The van der Waals surface area contributed by atoms with Crippen LogP contribution in [0.2, 0.25) is 0 Å². The zero-order valence-electron chi connectivity index (χ0n) is 22.9. The standard InChI is InChI=1S/C32H41NO4/c1-6-9-10-24-12-14-28(32(34)22-11-16-29-30(19-22)37-20-36-29)31(33-24)26(8-3)27-15-13-25(35-5)18-23(27)17-21(4)7-2/h11-16,18-19,21,26,32,34H,6-10,17,20H2,1-5H3/t21?,26-,32?/m1/s1. The van der Waals surface area contributed by atoms with Crippen LogP contribution in [0.5, 0.6) is 17.2 Å². The SMILES string of the molecule is CCCCc1ccc(C(O)c2ccc3c(c2)OCO3)c([C@H](CC)c2ccc(OC)cc2CC(C)CC)n1. The molecule has 5 heteroatoms. The van der Waals surface area contributed by atoms with E-state index >= 15 is 0 Å². The van der Waals surface area contributed by atoms with Gasteiger partial charge in [0.1, 0.15) is 11.9 Å². The van der Waals surface area contributed by atoms with Gasteiger partial charge in [0.25, 0.3) is 0 Å². The normalized spacial score (nSPS) is 14.9. The molecule has 1 N–H and O–H groups in total. The monoisotopic (exact) mass is 503 g/mol. The number of fused-ring (bicyclic) bond motifs is 1. The van der Waals surface area contributed by atoms with Crippen LogP contribution < -0.4 is 14.2 Å². The average Bonchev–Trinajstić information content (AvgIpc) is 3.40. The third-order valence-corrected chi connectivity index (χ3v) is 7.54. The Morgan fingerprint density at radius 2 is 1.73 bits per heavy atom. The number of aliphatic hydroxyl groups excluding tert-OH is 1. The maximum absolute atomic E-state index is 11.6. The van der Waals surface area contributed by atoms with Crippen molar-refractivity contribution >= 4 is 0 Å². The number of methoxy groups -OCH3 is 1. The molecule has 3 aromatic rings. The van der Waals surface area contributed by atoms with Crippen molar-refractivity contribution in [2.45, 2.75) is 78.2 Å². The van der Waals surface area contributed by atoms with E-state index in [1.165, 1.54) is 11.1 Å². The Morgan fingerprint density at radius 3 is 2.46 bits per heavy atom. The van der Waals surface area contributed by atoms with Crippen LogP contribution in [0.25, 0.3) is 0 Å². The van der Waals surface area contributed by atoms with Gasteiger partial charge in [0.2, 0.25) is 6.79 Å². The predicted molar refractivity (Wildman–Crippen MR) is 148 cm³/mol. The zero-order chi connectivity index (χ0) is 26.4. The molecular weight excluding hydrogens is 462 g/mol. The number of ether oxygens (including phenoxy) is 3. The van der Waals surface area contributed by atoms with Crippen LogP contribution >= 0.6 is 0 Å². The van der Waals surface area contributed by atoms with Gasteiger partial charge in [-0.2, -0.15) is 0 Å². The van der Waals surface area contributed by atoms with E-state index in [2.05, 4.69) is 52.0 Å². The van der Waals surface area contributed by atoms with Crippen LogP contribution in [0.4, 0.5) is 0 Å². The first kappa shape index (κ1) is 27.0. The van der Waals surface area contributed by atoms with E-state index in [4.69, 9.17) is 19.2 Å². The summed E-state index contributed by atoms with van der Waals surface area (Å²) in [5.41, 5.74) is 6.22. The molecule has 1 aliphatic rings. The molecule has 4 rings (SSSR count). The summed E-state index contributed by atoms with van der Waals surface area (Å²) >= 11 is 0. The van der Waals surface area contributed by atoms with Gasteiger partial charge < -0.3 is 19.3 Å². The van der Waals surface area contributed by atoms with E-state index in [-0.39, 0.29) is 12.7 Å². The van der Waals surface area contributed by atoms with E-state index in [0.717, 1.165) is 66.8 Å². The Bertz CT molecular complexity index is 1190. The molecule has 1 aromatic heterocycles. The first-order chi connectivity index (χ1) is 18.0. The number of aromatic nitrogens is 1. The number of rotatable bonds is 12. The first-order valence-electron chi connectivity index (χ1n) is 13.7. The maximum Gasteiger partial charge on any atom is 0.231 e. The molecule has 0 saturated carbocycles. The van der Waals surface area contributed by atoms with Gasteiger partial charge in [-0.15, -0.1) is 0 Å². The maximum atomic E-state index is 11.6. The van der Waals surface area contributed by atoms with E-state index in [1.54, 1.807) is 7.11 Å². The second-order valence-electron chi connectivity index (χ2n) is 10.1. The minimum absolute atomic E-state index is 0.0604. The average molecular weight is 504 g/mol.